The zero-order valence-corrected chi connectivity index (χ0v) is 32.3. The van der Waals surface area contributed by atoms with Crippen LogP contribution < -0.4 is 20.6 Å². The third kappa shape index (κ3) is 6.08. The standard InChI is InChI=1S/C32H22N12O8S4.Cu/c33-53(45,46)21-19-20(22(54(34,47)48)24(56(36,51)52)23(21)55(35,49)50)32-43-30-18-12-6-4-10-16(18)28(41-30)39-26-14-8-2-1-7-13(14)25(37-26)38-27-15-9-3-5-11-17(15)29(40-27)42-31(19)44-32;/h1-12H,(H2,33,45,46)(H2,34,47,48)(H2,35,49,50)(H2,36,51,52)(H2,37,38,39,40,41,42,43,44);/q;+1. The van der Waals surface area contributed by atoms with Crippen LogP contribution in [-0.2, 0) is 57.2 Å². The van der Waals surface area contributed by atoms with Gasteiger partial charge in [-0.3, -0.25) is 0 Å². The van der Waals surface area contributed by atoms with Crippen molar-refractivity contribution in [3.8, 4) is 45.6 Å². The van der Waals surface area contributed by atoms with Crippen LogP contribution in [0, 0.1) is 0 Å². The van der Waals surface area contributed by atoms with Crippen LogP contribution in [0.15, 0.2) is 92.4 Å². The first-order valence-corrected chi connectivity index (χ1v) is 21.9. The summed E-state index contributed by atoms with van der Waals surface area (Å²) in [5.74, 6) is -0.00951. The summed E-state index contributed by atoms with van der Waals surface area (Å²) in [6.45, 7) is 0. The molecule has 0 amide bonds. The van der Waals surface area contributed by atoms with Gasteiger partial charge in [0.25, 0.3) is 0 Å². The Bertz CT molecular complexity index is 3380. The Balaban J connectivity index is 0.00000455. The van der Waals surface area contributed by atoms with E-state index in [2.05, 4.69) is 29.9 Å². The van der Waals surface area contributed by atoms with E-state index in [1.54, 1.807) is 48.5 Å². The van der Waals surface area contributed by atoms with Crippen LogP contribution in [0.2, 0.25) is 0 Å². The Morgan fingerprint density at radius 2 is 0.632 bits per heavy atom. The van der Waals surface area contributed by atoms with Crippen molar-refractivity contribution in [3.63, 3.8) is 0 Å². The van der Waals surface area contributed by atoms with E-state index in [-0.39, 0.29) is 40.4 Å². The van der Waals surface area contributed by atoms with E-state index in [1.807, 2.05) is 24.3 Å². The number of nitrogens with one attached hydrogen (secondary N) is 2. The molecule has 25 heteroatoms. The summed E-state index contributed by atoms with van der Waals surface area (Å²) >= 11 is 0. The topological polar surface area (TPSA) is 350 Å². The number of H-pyrrole nitrogens is 2. The minimum Gasteiger partial charge on any atom is -0.324 e. The van der Waals surface area contributed by atoms with Gasteiger partial charge in [-0.25, -0.2) is 84.1 Å². The zero-order chi connectivity index (χ0) is 39.7. The molecule has 0 saturated carbocycles. The third-order valence-electron chi connectivity index (χ3n) is 8.96. The predicted octanol–water partition coefficient (Wildman–Crippen LogP) is 1.46. The molecule has 5 heterocycles. The smallest absolute Gasteiger partial charge is 0.324 e. The number of rotatable bonds is 4. The average molecular weight is 894 g/mol. The van der Waals surface area contributed by atoms with Crippen molar-refractivity contribution < 1.29 is 50.7 Å². The Labute approximate surface area is 331 Å². The number of fused-ring (bicyclic) bond motifs is 20. The van der Waals surface area contributed by atoms with Gasteiger partial charge in [-0.2, -0.15) is 0 Å². The molecule has 0 saturated heterocycles. The van der Waals surface area contributed by atoms with Crippen molar-refractivity contribution in [2.45, 2.75) is 19.6 Å². The fourth-order valence-electron chi connectivity index (χ4n) is 6.85. The summed E-state index contributed by atoms with van der Waals surface area (Å²) in [6, 6.07) is 20.6. The van der Waals surface area contributed by atoms with Crippen molar-refractivity contribution in [1.29, 1.82) is 0 Å². The van der Waals surface area contributed by atoms with Gasteiger partial charge >= 0.3 is 17.1 Å². The fraction of sp³-hybridized carbons (Fsp3) is 0. The summed E-state index contributed by atoms with van der Waals surface area (Å²) in [4.78, 5) is 27.5. The molecule has 7 aromatic rings. The maximum atomic E-state index is 13.5. The molecular formula is C32H22CuN12O8S4+. The molecule has 0 unspecified atom stereocenters. The molecule has 292 valence electrons. The number of hydrogen-bond donors (Lipinski definition) is 6. The maximum absolute atomic E-state index is 13.5. The molecule has 3 aromatic heterocycles. The van der Waals surface area contributed by atoms with E-state index in [0.29, 0.717) is 44.3 Å². The molecule has 0 aliphatic carbocycles. The Morgan fingerprint density at radius 3 is 0.930 bits per heavy atom. The molecule has 2 aliphatic heterocycles. The quantitative estimate of drug-likeness (QED) is 0.136. The van der Waals surface area contributed by atoms with Crippen LogP contribution in [-0.4, -0.2) is 73.5 Å². The first-order chi connectivity index (χ1) is 26.3. The van der Waals surface area contributed by atoms with Gasteiger partial charge in [0.1, 0.15) is 42.2 Å². The number of hydrogen-bond acceptors (Lipinski definition) is 14. The van der Waals surface area contributed by atoms with E-state index >= 15 is 0 Å². The second-order valence-electron chi connectivity index (χ2n) is 12.5. The minimum absolute atomic E-state index is 0. The number of nitrogens with two attached hydrogens (primary N) is 4. The average Bonchev–Trinajstić information content (AvgIpc) is 3.84. The Hall–Kier alpha value is -5.60. The van der Waals surface area contributed by atoms with Crippen molar-refractivity contribution >= 4 is 84.2 Å². The SMILES string of the molecule is NS(=O)(=O)c1c(S(N)(=O)=O)c(S(N)(=O)=O)c2c3nc4nc(nc5[nH]c(nc6nc(nc([nH]3)c2c1S(N)(=O)=O)-c1ccccc1-6)c1ccccc51)-c1ccccc1-4.[Cu+]. The first kappa shape index (κ1) is 38.3. The molecule has 4 aromatic carbocycles. The van der Waals surface area contributed by atoms with E-state index in [9.17, 15) is 33.7 Å². The predicted molar refractivity (Wildman–Crippen MR) is 202 cm³/mol. The number of aromatic amines is 2. The van der Waals surface area contributed by atoms with Crippen molar-refractivity contribution in [2.24, 2.45) is 20.6 Å². The number of sulfonamides is 4. The second-order valence-corrected chi connectivity index (χ2v) is 18.5. The maximum Gasteiger partial charge on any atom is 1.00 e. The normalized spacial score (nSPS) is 13.0. The third-order valence-corrected chi connectivity index (χ3v) is 13.3. The van der Waals surface area contributed by atoms with Gasteiger partial charge in [0.15, 0.2) is 23.3 Å². The zero-order valence-electron chi connectivity index (χ0n) is 28.1. The summed E-state index contributed by atoms with van der Waals surface area (Å²) in [7, 11) is -21.8. The number of nitrogens with zero attached hydrogens (tertiary/aromatic N) is 6. The van der Waals surface area contributed by atoms with E-state index in [1.165, 1.54) is 0 Å². The summed E-state index contributed by atoms with van der Waals surface area (Å²) in [5.41, 5.74) is 1.13. The van der Waals surface area contributed by atoms with Crippen molar-refractivity contribution in [2.75, 3.05) is 0 Å². The molecule has 0 radical (unpaired) electrons. The molecule has 57 heavy (non-hydrogen) atoms. The van der Waals surface area contributed by atoms with Crippen molar-refractivity contribution in [3.05, 3.63) is 72.8 Å². The Morgan fingerprint density at radius 1 is 0.368 bits per heavy atom. The van der Waals surface area contributed by atoms with Gasteiger partial charge in [0, 0.05) is 33.0 Å². The molecule has 2 aliphatic rings. The number of aromatic nitrogens is 8. The molecule has 20 nitrogen and oxygen atoms in total. The van der Waals surface area contributed by atoms with E-state index in [0.717, 1.165) is 0 Å². The molecule has 0 spiro atoms. The van der Waals surface area contributed by atoms with Crippen LogP contribution in [0.1, 0.15) is 0 Å². The summed E-state index contributed by atoms with van der Waals surface area (Å²) in [5, 5.41) is 21.7. The van der Waals surface area contributed by atoms with Gasteiger partial charge in [-0.05, 0) is 0 Å². The van der Waals surface area contributed by atoms with Crippen LogP contribution in [0.3, 0.4) is 0 Å². The first-order valence-electron chi connectivity index (χ1n) is 15.8. The van der Waals surface area contributed by atoms with Gasteiger partial charge in [0.2, 0.25) is 40.1 Å². The largest absolute Gasteiger partial charge is 1.00 e. The van der Waals surface area contributed by atoms with Gasteiger partial charge in [-0.15, -0.1) is 0 Å². The molecule has 0 fully saturated rings. The van der Waals surface area contributed by atoms with Gasteiger partial charge in [-0.1, -0.05) is 72.8 Å². The fourth-order valence-corrected chi connectivity index (χ4v) is 12.2. The second kappa shape index (κ2) is 12.7. The van der Waals surface area contributed by atoms with Gasteiger partial charge in [0.05, 0.1) is 10.8 Å². The molecule has 9 rings (SSSR count). The monoisotopic (exact) mass is 893 g/mol. The number of primary sulfonamides is 4. The van der Waals surface area contributed by atoms with Crippen molar-refractivity contribution in [1.82, 2.24) is 39.9 Å². The Kier molecular flexibility index (Phi) is 8.53. The molecule has 0 atom stereocenters. The molecule has 10 N–H and O–H groups in total. The van der Waals surface area contributed by atoms with Gasteiger partial charge < -0.3 is 9.97 Å². The summed E-state index contributed by atoms with van der Waals surface area (Å²) in [6.07, 6.45) is 0. The van der Waals surface area contributed by atoms with E-state index in [4.69, 9.17) is 30.5 Å². The minimum atomic E-state index is -5.52. The molecular weight excluding hydrogens is 872 g/mol. The van der Waals surface area contributed by atoms with Crippen LogP contribution in [0.4, 0.5) is 0 Å². The van der Waals surface area contributed by atoms with E-state index < -0.39 is 81.7 Å². The summed E-state index contributed by atoms with van der Waals surface area (Å²) < 4.78 is 107. The molecule has 8 bridgehead atoms. The van der Waals surface area contributed by atoms with Crippen LogP contribution in [0.5, 0.6) is 0 Å². The van der Waals surface area contributed by atoms with Crippen LogP contribution in [0.25, 0.3) is 89.7 Å². The van der Waals surface area contributed by atoms with Crippen LogP contribution >= 0.6 is 0 Å². The number of benzene rings is 4.